The number of nitrogens with zero attached hydrogens (tertiary/aromatic N) is 2. The summed E-state index contributed by atoms with van der Waals surface area (Å²) >= 11 is 0. The average molecular weight is 395 g/mol. The van der Waals surface area contributed by atoms with E-state index in [1.165, 1.54) is 0 Å². The van der Waals surface area contributed by atoms with E-state index >= 15 is 0 Å². The minimum atomic E-state index is -0.558. The first-order valence-electron chi connectivity index (χ1n) is 10.3. The number of hydrogen-bond acceptors (Lipinski definition) is 7. The number of aliphatic hydroxyl groups excluding tert-OH is 1. The predicted octanol–water partition coefficient (Wildman–Crippen LogP) is 0.693. The number of hydrogen-bond donors (Lipinski definition) is 3. The Kier molecular flexibility index (Phi) is 7.09. The van der Waals surface area contributed by atoms with Crippen molar-refractivity contribution in [3.63, 3.8) is 0 Å². The fraction of sp³-hybridized carbons (Fsp3) is 0.800. The van der Waals surface area contributed by atoms with Gasteiger partial charge in [-0.25, -0.2) is 0 Å². The van der Waals surface area contributed by atoms with E-state index in [0.717, 1.165) is 50.6 Å². The van der Waals surface area contributed by atoms with Crippen molar-refractivity contribution in [2.24, 2.45) is 5.41 Å². The van der Waals surface area contributed by atoms with Gasteiger partial charge in [0.25, 0.3) is 0 Å². The number of amides is 1. The third kappa shape index (κ3) is 6.01. The maximum atomic E-state index is 12.1. The van der Waals surface area contributed by atoms with Crippen molar-refractivity contribution < 1.29 is 19.2 Å². The van der Waals surface area contributed by atoms with Gasteiger partial charge in [0.2, 0.25) is 5.91 Å². The van der Waals surface area contributed by atoms with Crippen LogP contribution in [0, 0.1) is 5.41 Å². The first-order valence-corrected chi connectivity index (χ1v) is 10.3. The highest BCUT2D eigenvalue weighted by Gasteiger charge is 2.32. The standard InChI is InChI=1S/C20H34N4O4/c1-20(2,3)19(26)22-12-18-17(25)5-4-15(27-18)10-14-11-16(28-23-14)13-24-8-6-21-7-9-24/h11,15,17-18,21,25H,4-10,12-13H2,1-3H3,(H,22,26)/t15-,17-,18+/m0/s1. The van der Waals surface area contributed by atoms with E-state index in [2.05, 4.69) is 20.7 Å². The fourth-order valence-electron chi connectivity index (χ4n) is 3.59. The smallest absolute Gasteiger partial charge is 0.225 e. The normalized spacial score (nSPS) is 26.9. The summed E-state index contributed by atoms with van der Waals surface area (Å²) in [6, 6.07) is 2.01. The van der Waals surface area contributed by atoms with Gasteiger partial charge in [0.1, 0.15) is 6.10 Å². The Morgan fingerprint density at radius 1 is 1.36 bits per heavy atom. The first-order chi connectivity index (χ1) is 13.3. The Balaban J connectivity index is 1.48. The largest absolute Gasteiger partial charge is 0.390 e. The Bertz CT molecular complexity index is 636. The molecule has 2 aliphatic heterocycles. The SMILES string of the molecule is CC(C)(C)C(=O)NC[C@H]1O[C@H](Cc2cc(CN3CCNCC3)on2)CC[C@@H]1O. The van der Waals surface area contributed by atoms with E-state index in [1.54, 1.807) is 0 Å². The molecule has 2 aliphatic rings. The van der Waals surface area contributed by atoms with Crippen LogP contribution in [0.1, 0.15) is 45.1 Å². The van der Waals surface area contributed by atoms with Crippen LogP contribution in [0.15, 0.2) is 10.6 Å². The maximum absolute atomic E-state index is 12.1. The van der Waals surface area contributed by atoms with Crippen molar-refractivity contribution in [1.29, 1.82) is 0 Å². The van der Waals surface area contributed by atoms with Crippen molar-refractivity contribution in [3.05, 3.63) is 17.5 Å². The molecule has 3 atom stereocenters. The van der Waals surface area contributed by atoms with Crippen molar-refractivity contribution in [1.82, 2.24) is 20.7 Å². The monoisotopic (exact) mass is 394 g/mol. The summed E-state index contributed by atoms with van der Waals surface area (Å²) in [5.74, 6) is 0.834. The zero-order valence-corrected chi connectivity index (χ0v) is 17.2. The molecule has 2 fully saturated rings. The Hall–Kier alpha value is -1.48. The van der Waals surface area contributed by atoms with Gasteiger partial charge < -0.3 is 25.0 Å². The first kappa shape index (κ1) is 21.2. The lowest BCUT2D eigenvalue weighted by Crippen LogP contribution is -2.48. The summed E-state index contributed by atoms with van der Waals surface area (Å²) in [7, 11) is 0. The van der Waals surface area contributed by atoms with Crippen molar-refractivity contribution in [2.45, 2.75) is 64.9 Å². The molecule has 0 radical (unpaired) electrons. The number of nitrogens with one attached hydrogen (secondary N) is 2. The number of aliphatic hydroxyl groups is 1. The van der Waals surface area contributed by atoms with Gasteiger partial charge in [-0.3, -0.25) is 9.69 Å². The van der Waals surface area contributed by atoms with Gasteiger partial charge in [-0.15, -0.1) is 0 Å². The molecule has 8 heteroatoms. The molecular formula is C20H34N4O4. The summed E-state index contributed by atoms with van der Waals surface area (Å²) in [5.41, 5.74) is 0.421. The highest BCUT2D eigenvalue weighted by atomic mass is 16.5. The number of carbonyl (C=O) groups is 1. The van der Waals surface area contributed by atoms with E-state index in [4.69, 9.17) is 9.26 Å². The molecule has 1 amide bonds. The summed E-state index contributed by atoms with van der Waals surface area (Å²) in [5, 5.41) is 20.7. The van der Waals surface area contributed by atoms with Gasteiger partial charge >= 0.3 is 0 Å². The molecule has 3 heterocycles. The highest BCUT2D eigenvalue weighted by Crippen LogP contribution is 2.23. The molecule has 0 saturated carbocycles. The Morgan fingerprint density at radius 3 is 2.82 bits per heavy atom. The van der Waals surface area contributed by atoms with Crippen LogP contribution in [0.25, 0.3) is 0 Å². The van der Waals surface area contributed by atoms with Crippen LogP contribution in [-0.2, 0) is 22.5 Å². The van der Waals surface area contributed by atoms with Gasteiger partial charge in [0.05, 0.1) is 24.4 Å². The number of ether oxygens (including phenoxy) is 1. The Morgan fingerprint density at radius 2 is 2.11 bits per heavy atom. The fourth-order valence-corrected chi connectivity index (χ4v) is 3.59. The molecule has 1 aromatic heterocycles. The lowest BCUT2D eigenvalue weighted by atomic mass is 9.95. The summed E-state index contributed by atoms with van der Waals surface area (Å²) in [6.45, 7) is 10.7. The van der Waals surface area contributed by atoms with Gasteiger partial charge in [-0.1, -0.05) is 25.9 Å². The maximum Gasteiger partial charge on any atom is 0.225 e. The van der Waals surface area contributed by atoms with Gasteiger partial charge in [-0.05, 0) is 12.8 Å². The number of rotatable bonds is 6. The molecule has 0 bridgehead atoms. The molecule has 0 aromatic carbocycles. The van der Waals surface area contributed by atoms with E-state index in [1.807, 2.05) is 26.8 Å². The molecule has 3 N–H and O–H groups in total. The zero-order chi connectivity index (χ0) is 20.1. The predicted molar refractivity (Wildman–Crippen MR) is 105 cm³/mol. The van der Waals surface area contributed by atoms with Crippen molar-refractivity contribution in [3.8, 4) is 0 Å². The van der Waals surface area contributed by atoms with Crippen LogP contribution in [-0.4, -0.2) is 72.1 Å². The summed E-state index contributed by atoms with van der Waals surface area (Å²) in [6.07, 6.45) is 1.10. The molecule has 1 aromatic rings. The van der Waals surface area contributed by atoms with Crippen molar-refractivity contribution >= 4 is 5.91 Å². The zero-order valence-electron chi connectivity index (χ0n) is 17.2. The second-order valence-corrected chi connectivity index (χ2v) is 8.92. The van der Waals surface area contributed by atoms with E-state index in [0.29, 0.717) is 19.4 Å². The van der Waals surface area contributed by atoms with Crippen LogP contribution in [0.4, 0.5) is 0 Å². The molecule has 0 unspecified atom stereocenters. The molecule has 28 heavy (non-hydrogen) atoms. The minimum Gasteiger partial charge on any atom is -0.390 e. The van der Waals surface area contributed by atoms with Crippen LogP contribution < -0.4 is 10.6 Å². The number of carbonyl (C=O) groups excluding carboxylic acids is 1. The third-order valence-electron chi connectivity index (χ3n) is 5.36. The highest BCUT2D eigenvalue weighted by molar-refractivity contribution is 5.81. The molecule has 8 nitrogen and oxygen atoms in total. The molecule has 3 rings (SSSR count). The molecule has 158 valence electrons. The molecule has 0 aliphatic carbocycles. The second-order valence-electron chi connectivity index (χ2n) is 8.92. The van der Waals surface area contributed by atoms with Crippen molar-refractivity contribution in [2.75, 3.05) is 32.7 Å². The van der Waals surface area contributed by atoms with Crippen LogP contribution >= 0.6 is 0 Å². The average Bonchev–Trinajstić information content (AvgIpc) is 3.08. The van der Waals surface area contributed by atoms with Gasteiger partial charge in [-0.2, -0.15) is 0 Å². The third-order valence-corrected chi connectivity index (χ3v) is 5.36. The van der Waals surface area contributed by atoms with Gasteiger partial charge in [0.15, 0.2) is 5.76 Å². The van der Waals surface area contributed by atoms with Crippen LogP contribution in [0.3, 0.4) is 0 Å². The van der Waals surface area contributed by atoms with E-state index in [9.17, 15) is 9.90 Å². The van der Waals surface area contributed by atoms with E-state index in [-0.39, 0.29) is 12.0 Å². The molecular weight excluding hydrogens is 360 g/mol. The number of piperazine rings is 1. The van der Waals surface area contributed by atoms with Gasteiger partial charge in [0, 0.05) is 50.6 Å². The minimum absolute atomic E-state index is 0.0305. The summed E-state index contributed by atoms with van der Waals surface area (Å²) in [4.78, 5) is 14.4. The molecule has 0 spiro atoms. The lowest BCUT2D eigenvalue weighted by Gasteiger charge is -2.34. The quantitative estimate of drug-likeness (QED) is 0.653. The van der Waals surface area contributed by atoms with Crippen LogP contribution in [0.5, 0.6) is 0 Å². The van der Waals surface area contributed by atoms with Crippen LogP contribution in [0.2, 0.25) is 0 Å². The topological polar surface area (TPSA) is 99.9 Å². The van der Waals surface area contributed by atoms with E-state index < -0.39 is 17.6 Å². The second kappa shape index (κ2) is 9.35. The lowest BCUT2D eigenvalue weighted by molar-refractivity contribution is -0.134. The summed E-state index contributed by atoms with van der Waals surface area (Å²) < 4.78 is 11.6. The Labute approximate surface area is 167 Å². The number of aromatic nitrogens is 1. The molecule has 2 saturated heterocycles.